The molecule has 0 spiro atoms. The lowest BCUT2D eigenvalue weighted by atomic mass is 10.1. The van der Waals surface area contributed by atoms with Crippen molar-refractivity contribution in [3.05, 3.63) is 57.1 Å². The number of hydrogen-bond donors (Lipinski definition) is 1. The molecule has 0 saturated carbocycles. The highest BCUT2D eigenvalue weighted by molar-refractivity contribution is 7.09. The Morgan fingerprint density at radius 3 is 2.70 bits per heavy atom. The molecule has 3 rings (SSSR count). The smallest absolute Gasteiger partial charge is 0.224 e. The van der Waals surface area contributed by atoms with E-state index in [1.165, 1.54) is 0 Å². The average Bonchev–Trinajstić information content (AvgIpc) is 3.23. The van der Waals surface area contributed by atoms with Crippen LogP contribution in [0.25, 0.3) is 11.3 Å². The van der Waals surface area contributed by atoms with Crippen LogP contribution in [0, 0.1) is 19.8 Å². The molecule has 0 radical (unpaired) electrons. The lowest BCUT2D eigenvalue weighted by Gasteiger charge is -2.13. The normalized spacial score (nSPS) is 12.1. The van der Waals surface area contributed by atoms with Crippen molar-refractivity contribution < 1.29 is 4.79 Å². The van der Waals surface area contributed by atoms with Crippen molar-refractivity contribution in [1.29, 1.82) is 0 Å². The van der Waals surface area contributed by atoms with E-state index in [9.17, 15) is 4.79 Å². The molecule has 0 fully saturated rings. The van der Waals surface area contributed by atoms with Crippen LogP contribution in [-0.4, -0.2) is 27.2 Å². The van der Waals surface area contributed by atoms with Crippen LogP contribution < -0.4 is 5.32 Å². The van der Waals surface area contributed by atoms with Crippen LogP contribution >= 0.6 is 22.9 Å². The van der Waals surface area contributed by atoms with Gasteiger partial charge in [0.2, 0.25) is 5.91 Å². The number of carbonyl (C=O) groups excluding carboxylic acids is 1. The molecular weight excluding hydrogens is 380 g/mol. The Hall–Kier alpha value is -2.18. The molecule has 0 aliphatic heterocycles. The Balaban J connectivity index is 1.49. The maximum atomic E-state index is 12.4. The van der Waals surface area contributed by atoms with Crippen molar-refractivity contribution in [2.75, 3.05) is 6.54 Å². The first kappa shape index (κ1) is 19.6. The third kappa shape index (κ3) is 4.76. The number of amides is 1. The van der Waals surface area contributed by atoms with Gasteiger partial charge in [0.1, 0.15) is 0 Å². The number of nitrogens with zero attached hydrogens (tertiary/aromatic N) is 3. The van der Waals surface area contributed by atoms with Gasteiger partial charge in [0.15, 0.2) is 0 Å². The maximum Gasteiger partial charge on any atom is 0.224 e. The summed E-state index contributed by atoms with van der Waals surface area (Å²) in [6.45, 7) is 6.77. The lowest BCUT2D eigenvalue weighted by molar-refractivity contribution is -0.124. The minimum atomic E-state index is -0.185. The molecule has 2 aromatic heterocycles. The molecule has 0 unspecified atom stereocenters. The van der Waals surface area contributed by atoms with Crippen molar-refractivity contribution in [3.8, 4) is 11.3 Å². The average molecular weight is 403 g/mol. The summed E-state index contributed by atoms with van der Waals surface area (Å²) in [6, 6.07) is 10.1. The fourth-order valence-corrected chi connectivity index (χ4v) is 3.77. The molecule has 0 saturated heterocycles. The van der Waals surface area contributed by atoms with Gasteiger partial charge in [-0.15, -0.1) is 11.3 Å². The van der Waals surface area contributed by atoms with Crippen molar-refractivity contribution in [2.24, 2.45) is 5.92 Å². The van der Waals surface area contributed by atoms with Crippen LogP contribution in [0.4, 0.5) is 0 Å². The van der Waals surface area contributed by atoms with Gasteiger partial charge in [-0.25, -0.2) is 4.98 Å². The molecule has 142 valence electrons. The van der Waals surface area contributed by atoms with E-state index in [1.807, 2.05) is 51.1 Å². The number of hydrogen-bond acceptors (Lipinski definition) is 4. The zero-order valence-corrected chi connectivity index (χ0v) is 17.3. The molecule has 0 aliphatic rings. The van der Waals surface area contributed by atoms with Crippen molar-refractivity contribution in [2.45, 2.75) is 33.7 Å². The summed E-state index contributed by atoms with van der Waals surface area (Å²) in [4.78, 5) is 17.0. The first-order valence-electron chi connectivity index (χ1n) is 8.92. The summed E-state index contributed by atoms with van der Waals surface area (Å²) >= 11 is 7.79. The summed E-state index contributed by atoms with van der Waals surface area (Å²) < 4.78 is 1.80. The molecule has 5 nitrogen and oxygen atoms in total. The van der Waals surface area contributed by atoms with Crippen LogP contribution in [0.5, 0.6) is 0 Å². The Morgan fingerprint density at radius 2 is 2.04 bits per heavy atom. The van der Waals surface area contributed by atoms with Gasteiger partial charge >= 0.3 is 0 Å². The van der Waals surface area contributed by atoms with Crippen molar-refractivity contribution >= 4 is 28.8 Å². The van der Waals surface area contributed by atoms with Gasteiger partial charge in [0, 0.05) is 23.9 Å². The second-order valence-corrected chi connectivity index (χ2v) is 7.92. The number of rotatable bonds is 7. The van der Waals surface area contributed by atoms with Crippen molar-refractivity contribution in [1.82, 2.24) is 20.1 Å². The van der Waals surface area contributed by atoms with Gasteiger partial charge in [0.25, 0.3) is 0 Å². The van der Waals surface area contributed by atoms with Crippen LogP contribution in [-0.2, 0) is 17.8 Å². The van der Waals surface area contributed by atoms with Gasteiger partial charge < -0.3 is 5.32 Å². The SMILES string of the molecule is Cc1nn(C[C@@H](C)C(=O)NCCc2nc(-c3ccccc3)cs2)c(C)c1Cl. The van der Waals surface area contributed by atoms with Gasteiger partial charge in [-0.05, 0) is 13.8 Å². The van der Waals surface area contributed by atoms with E-state index in [4.69, 9.17) is 11.6 Å². The number of aromatic nitrogens is 3. The quantitative estimate of drug-likeness (QED) is 0.641. The second kappa shape index (κ2) is 8.67. The van der Waals surface area contributed by atoms with Gasteiger partial charge in [-0.2, -0.15) is 5.10 Å². The molecule has 0 bridgehead atoms. The largest absolute Gasteiger partial charge is 0.355 e. The number of aryl methyl sites for hydroxylation is 1. The van der Waals surface area contributed by atoms with Crippen molar-refractivity contribution in [3.63, 3.8) is 0 Å². The van der Waals surface area contributed by atoms with Crippen LogP contribution in [0.3, 0.4) is 0 Å². The van der Waals surface area contributed by atoms with E-state index >= 15 is 0 Å². The molecular formula is C20H23ClN4OS. The number of nitrogens with one attached hydrogen (secondary N) is 1. The third-order valence-corrected chi connectivity index (χ3v) is 5.90. The first-order chi connectivity index (χ1) is 13.0. The summed E-state index contributed by atoms with van der Waals surface area (Å²) in [5.74, 6) is -0.172. The predicted molar refractivity (Wildman–Crippen MR) is 110 cm³/mol. The topological polar surface area (TPSA) is 59.8 Å². The zero-order chi connectivity index (χ0) is 19.4. The Morgan fingerprint density at radius 1 is 1.30 bits per heavy atom. The minimum absolute atomic E-state index is 0.0125. The van der Waals surface area contributed by atoms with E-state index in [1.54, 1.807) is 16.0 Å². The molecule has 1 amide bonds. The van der Waals surface area contributed by atoms with Gasteiger partial charge in [-0.1, -0.05) is 48.9 Å². The maximum absolute atomic E-state index is 12.4. The number of benzene rings is 1. The van der Waals surface area contributed by atoms with Crippen LogP contribution in [0.15, 0.2) is 35.7 Å². The summed E-state index contributed by atoms with van der Waals surface area (Å²) in [6.07, 6.45) is 0.724. The Bertz CT molecular complexity index is 919. The van der Waals surface area contributed by atoms with Crippen LogP contribution in [0.1, 0.15) is 23.3 Å². The molecule has 2 heterocycles. The highest BCUT2D eigenvalue weighted by atomic mass is 35.5. The highest BCUT2D eigenvalue weighted by Crippen LogP contribution is 2.22. The van der Waals surface area contributed by atoms with E-state index < -0.39 is 0 Å². The Kier molecular flexibility index (Phi) is 6.29. The third-order valence-electron chi connectivity index (χ3n) is 4.45. The van der Waals surface area contributed by atoms with E-state index in [0.717, 1.165) is 34.1 Å². The molecule has 1 aromatic carbocycles. The van der Waals surface area contributed by atoms with Gasteiger partial charge in [0.05, 0.1) is 39.6 Å². The van der Waals surface area contributed by atoms with E-state index in [2.05, 4.69) is 20.8 Å². The summed E-state index contributed by atoms with van der Waals surface area (Å²) in [5.41, 5.74) is 3.78. The summed E-state index contributed by atoms with van der Waals surface area (Å²) in [7, 11) is 0. The molecule has 0 aliphatic carbocycles. The summed E-state index contributed by atoms with van der Waals surface area (Å²) in [5, 5.41) is 11.1. The molecule has 7 heteroatoms. The predicted octanol–water partition coefficient (Wildman–Crippen LogP) is 4.27. The second-order valence-electron chi connectivity index (χ2n) is 6.60. The first-order valence-corrected chi connectivity index (χ1v) is 10.2. The zero-order valence-electron chi connectivity index (χ0n) is 15.7. The fraction of sp³-hybridized carbons (Fsp3) is 0.350. The lowest BCUT2D eigenvalue weighted by Crippen LogP contribution is -2.33. The van der Waals surface area contributed by atoms with E-state index in [0.29, 0.717) is 18.1 Å². The van der Waals surface area contributed by atoms with Crippen LogP contribution in [0.2, 0.25) is 5.02 Å². The molecule has 1 N–H and O–H groups in total. The number of halogens is 1. The minimum Gasteiger partial charge on any atom is -0.355 e. The standard InChI is InChI=1S/C20H23ClN4OS/c1-13(11-25-15(3)19(21)14(2)24-25)20(26)22-10-9-18-23-17(12-27-18)16-7-5-4-6-8-16/h4-8,12-13H,9-11H2,1-3H3,(H,22,26)/t13-/m1/s1. The highest BCUT2D eigenvalue weighted by Gasteiger charge is 2.17. The number of carbonyl (C=O) groups is 1. The Labute approximate surface area is 168 Å². The molecule has 3 aromatic rings. The molecule has 1 atom stereocenters. The molecule has 27 heavy (non-hydrogen) atoms. The van der Waals surface area contributed by atoms with E-state index in [-0.39, 0.29) is 11.8 Å². The monoisotopic (exact) mass is 402 g/mol. The number of thiazole rings is 1. The fourth-order valence-electron chi connectivity index (χ4n) is 2.83. The van der Waals surface area contributed by atoms with Gasteiger partial charge in [-0.3, -0.25) is 9.48 Å².